The van der Waals surface area contributed by atoms with Crippen LogP contribution in [0.15, 0.2) is 66.1 Å². The molecule has 156 valence electrons. The third-order valence-electron chi connectivity index (χ3n) is 4.36. The van der Waals surface area contributed by atoms with Crippen molar-refractivity contribution in [3.05, 3.63) is 87.9 Å². The van der Waals surface area contributed by atoms with Crippen LogP contribution in [-0.2, 0) is 5.75 Å². The molecule has 0 atom stereocenters. The highest BCUT2D eigenvalue weighted by molar-refractivity contribution is 7.98. The molecule has 7 nitrogen and oxygen atoms in total. The van der Waals surface area contributed by atoms with Crippen molar-refractivity contribution >= 4 is 46.6 Å². The minimum absolute atomic E-state index is 0.204. The van der Waals surface area contributed by atoms with E-state index in [0.717, 1.165) is 11.3 Å². The number of carbonyl (C=O) groups is 1. The molecule has 0 aliphatic carbocycles. The molecule has 2 aromatic heterocycles. The number of aryl methyl sites for hydroxylation is 1. The second-order valence-corrected chi connectivity index (χ2v) is 8.30. The van der Waals surface area contributed by atoms with E-state index in [1.54, 1.807) is 47.4 Å². The zero-order valence-corrected chi connectivity index (χ0v) is 18.6. The smallest absolute Gasteiger partial charge is 0.278 e. The van der Waals surface area contributed by atoms with Gasteiger partial charge in [-0.25, -0.2) is 14.6 Å². The first-order valence-corrected chi connectivity index (χ1v) is 10.9. The van der Waals surface area contributed by atoms with Crippen LogP contribution in [0.3, 0.4) is 0 Å². The van der Waals surface area contributed by atoms with Gasteiger partial charge in [-0.1, -0.05) is 46.2 Å². The highest BCUT2D eigenvalue weighted by Crippen LogP contribution is 2.25. The number of anilines is 1. The number of aromatic nitrogens is 5. The summed E-state index contributed by atoms with van der Waals surface area (Å²) in [6.45, 7) is 1.90. The van der Waals surface area contributed by atoms with E-state index >= 15 is 0 Å². The number of hydrogen-bond donors (Lipinski definition) is 1. The summed E-state index contributed by atoms with van der Waals surface area (Å²) in [7, 11) is 0. The average Bonchev–Trinajstić information content (AvgIpc) is 3.20. The van der Waals surface area contributed by atoms with E-state index in [0.29, 0.717) is 32.3 Å². The number of nitrogens with zero attached hydrogens (tertiary/aromatic N) is 5. The Hall–Kier alpha value is -2.94. The van der Waals surface area contributed by atoms with Crippen molar-refractivity contribution in [3.8, 4) is 5.69 Å². The molecule has 0 spiro atoms. The first-order valence-electron chi connectivity index (χ1n) is 9.19. The lowest BCUT2D eigenvalue weighted by atomic mass is 10.2. The summed E-state index contributed by atoms with van der Waals surface area (Å²) < 4.78 is 1.61. The van der Waals surface area contributed by atoms with E-state index in [1.807, 2.05) is 25.1 Å². The number of hydrogen-bond acceptors (Lipinski definition) is 6. The van der Waals surface area contributed by atoms with Crippen molar-refractivity contribution in [2.75, 3.05) is 5.32 Å². The SMILES string of the molecule is Cc1ccc(NC(=O)c2nnn(-c3ccc(Cl)cc3)c2CSc2ncccn2)cc1Cl. The summed E-state index contributed by atoms with van der Waals surface area (Å²) in [4.78, 5) is 21.5. The highest BCUT2D eigenvalue weighted by Gasteiger charge is 2.21. The van der Waals surface area contributed by atoms with Gasteiger partial charge in [0, 0.05) is 33.9 Å². The van der Waals surface area contributed by atoms with Crippen LogP contribution >= 0.6 is 35.0 Å². The maximum atomic E-state index is 13.0. The molecule has 0 radical (unpaired) electrons. The average molecular weight is 471 g/mol. The molecule has 31 heavy (non-hydrogen) atoms. The van der Waals surface area contributed by atoms with Gasteiger partial charge in [0.1, 0.15) is 0 Å². The summed E-state index contributed by atoms with van der Waals surface area (Å²) in [6, 6.07) is 14.2. The fourth-order valence-electron chi connectivity index (χ4n) is 2.75. The van der Waals surface area contributed by atoms with Crippen LogP contribution in [-0.4, -0.2) is 30.9 Å². The van der Waals surface area contributed by atoms with Crippen LogP contribution in [0.5, 0.6) is 0 Å². The molecule has 0 saturated heterocycles. The molecule has 0 fully saturated rings. The molecule has 4 aromatic rings. The Morgan fingerprint density at radius 3 is 2.55 bits per heavy atom. The molecule has 0 saturated carbocycles. The van der Waals surface area contributed by atoms with E-state index < -0.39 is 0 Å². The highest BCUT2D eigenvalue weighted by atomic mass is 35.5. The Bertz CT molecular complexity index is 1210. The summed E-state index contributed by atoms with van der Waals surface area (Å²) in [5.74, 6) is 0.00143. The lowest BCUT2D eigenvalue weighted by Gasteiger charge is -2.09. The van der Waals surface area contributed by atoms with Crippen LogP contribution in [0.4, 0.5) is 5.69 Å². The van der Waals surface area contributed by atoms with Crippen molar-refractivity contribution < 1.29 is 4.79 Å². The standard InChI is InChI=1S/C21H16Cl2N6OS/c1-13-3-6-15(11-17(13)23)26-20(30)19-18(12-31-21-24-9-2-10-25-21)29(28-27-19)16-7-4-14(22)5-8-16/h2-11H,12H2,1H3,(H,26,30). The molecule has 2 heterocycles. The number of amides is 1. The molecular weight excluding hydrogens is 455 g/mol. The zero-order chi connectivity index (χ0) is 21.8. The molecule has 0 aliphatic rings. The fraction of sp³-hybridized carbons (Fsp3) is 0.0952. The second kappa shape index (κ2) is 9.47. The monoisotopic (exact) mass is 470 g/mol. The van der Waals surface area contributed by atoms with E-state index in [-0.39, 0.29) is 11.6 Å². The maximum absolute atomic E-state index is 13.0. The topological polar surface area (TPSA) is 85.6 Å². The van der Waals surface area contributed by atoms with Gasteiger partial charge in [-0.05, 0) is 55.0 Å². The van der Waals surface area contributed by atoms with Gasteiger partial charge in [0.05, 0.1) is 11.4 Å². The van der Waals surface area contributed by atoms with E-state index in [2.05, 4.69) is 25.6 Å². The fourth-order valence-corrected chi connectivity index (χ4v) is 3.85. The Morgan fingerprint density at radius 2 is 1.84 bits per heavy atom. The van der Waals surface area contributed by atoms with Crippen molar-refractivity contribution in [3.63, 3.8) is 0 Å². The van der Waals surface area contributed by atoms with Crippen LogP contribution in [0, 0.1) is 6.92 Å². The lowest BCUT2D eigenvalue weighted by Crippen LogP contribution is -2.15. The lowest BCUT2D eigenvalue weighted by molar-refractivity contribution is 0.102. The minimum Gasteiger partial charge on any atom is -0.320 e. The number of thioether (sulfide) groups is 1. The van der Waals surface area contributed by atoms with E-state index in [1.165, 1.54) is 11.8 Å². The van der Waals surface area contributed by atoms with Gasteiger partial charge in [0.2, 0.25) is 0 Å². The quantitative estimate of drug-likeness (QED) is 0.307. The van der Waals surface area contributed by atoms with Crippen molar-refractivity contribution in [1.29, 1.82) is 0 Å². The molecule has 0 aliphatic heterocycles. The first-order chi connectivity index (χ1) is 15.0. The van der Waals surface area contributed by atoms with Crippen molar-refractivity contribution in [1.82, 2.24) is 25.0 Å². The van der Waals surface area contributed by atoms with Gasteiger partial charge in [-0.2, -0.15) is 0 Å². The molecule has 0 bridgehead atoms. The zero-order valence-electron chi connectivity index (χ0n) is 16.3. The third kappa shape index (κ3) is 5.04. The van der Waals surface area contributed by atoms with Gasteiger partial charge in [0.25, 0.3) is 5.91 Å². The molecule has 1 amide bonds. The van der Waals surface area contributed by atoms with Gasteiger partial charge in [0.15, 0.2) is 10.9 Å². The van der Waals surface area contributed by atoms with Crippen LogP contribution in [0.1, 0.15) is 21.7 Å². The second-order valence-electron chi connectivity index (χ2n) is 6.51. The van der Waals surface area contributed by atoms with Crippen molar-refractivity contribution in [2.45, 2.75) is 17.8 Å². The van der Waals surface area contributed by atoms with Gasteiger partial charge in [-0.3, -0.25) is 4.79 Å². The summed E-state index contributed by atoms with van der Waals surface area (Å²) >= 11 is 13.6. The number of carbonyl (C=O) groups excluding carboxylic acids is 1. The largest absolute Gasteiger partial charge is 0.320 e. The Labute approximate surface area is 192 Å². The predicted octanol–water partition coefficient (Wildman–Crippen LogP) is 5.22. The number of halogens is 2. The molecule has 10 heteroatoms. The first kappa shape index (κ1) is 21.3. The number of rotatable bonds is 6. The molecule has 4 rings (SSSR count). The summed E-state index contributed by atoms with van der Waals surface area (Å²) in [5, 5.41) is 12.9. The van der Waals surface area contributed by atoms with Crippen LogP contribution < -0.4 is 5.32 Å². The number of nitrogens with one attached hydrogen (secondary N) is 1. The van der Waals surface area contributed by atoms with Crippen LogP contribution in [0.25, 0.3) is 5.69 Å². The molecule has 1 N–H and O–H groups in total. The van der Waals surface area contributed by atoms with Crippen LogP contribution in [0.2, 0.25) is 10.0 Å². The Morgan fingerprint density at radius 1 is 1.10 bits per heavy atom. The van der Waals surface area contributed by atoms with Gasteiger partial charge >= 0.3 is 0 Å². The van der Waals surface area contributed by atoms with Gasteiger partial charge in [-0.15, -0.1) is 5.10 Å². The normalized spacial score (nSPS) is 10.8. The Kier molecular flexibility index (Phi) is 6.50. The minimum atomic E-state index is -0.385. The van der Waals surface area contributed by atoms with E-state index in [4.69, 9.17) is 23.2 Å². The maximum Gasteiger partial charge on any atom is 0.278 e. The summed E-state index contributed by atoms with van der Waals surface area (Å²) in [6.07, 6.45) is 3.33. The predicted molar refractivity (Wildman–Crippen MR) is 122 cm³/mol. The molecular formula is C21H16Cl2N6OS. The summed E-state index contributed by atoms with van der Waals surface area (Å²) in [5.41, 5.74) is 3.05. The van der Waals surface area contributed by atoms with Gasteiger partial charge < -0.3 is 5.32 Å². The van der Waals surface area contributed by atoms with Crippen molar-refractivity contribution in [2.24, 2.45) is 0 Å². The molecule has 0 unspecified atom stereocenters. The number of benzene rings is 2. The van der Waals surface area contributed by atoms with E-state index in [9.17, 15) is 4.79 Å². The Balaban J connectivity index is 1.66. The third-order valence-corrected chi connectivity index (χ3v) is 5.91. The molecule has 2 aromatic carbocycles.